The molecule has 0 fully saturated rings. The molecule has 0 aliphatic heterocycles. The van der Waals surface area contributed by atoms with E-state index in [2.05, 4.69) is 5.32 Å². The van der Waals surface area contributed by atoms with Crippen molar-refractivity contribution in [2.24, 2.45) is 5.92 Å². The van der Waals surface area contributed by atoms with Crippen LogP contribution in [-0.2, 0) is 33.4 Å². The summed E-state index contributed by atoms with van der Waals surface area (Å²) in [5.41, 5.74) is 0.0849. The SMILES string of the molecule is CCC(COS(C)(=O)=O)Cc1cccc(C(F)(F)F)c1CNC. The van der Waals surface area contributed by atoms with Crippen LogP contribution < -0.4 is 5.32 Å². The maximum Gasteiger partial charge on any atom is 0.416 e. The lowest BCUT2D eigenvalue weighted by Crippen LogP contribution is -2.20. The summed E-state index contributed by atoms with van der Waals surface area (Å²) in [7, 11) is -1.98. The molecule has 0 radical (unpaired) electrons. The molecule has 0 aromatic heterocycles. The maximum absolute atomic E-state index is 13.1. The zero-order chi connectivity index (χ0) is 17.7. The molecular formula is C15H22F3NO3S. The standard InChI is InChI=1S/C15H22F3NO3S/c1-4-11(10-22-23(3,20)21)8-12-6-5-7-14(15(16,17)18)13(12)9-19-2/h5-7,11,19H,4,8-10H2,1-3H3. The molecular weight excluding hydrogens is 331 g/mol. The third kappa shape index (κ3) is 6.48. The predicted molar refractivity (Wildman–Crippen MR) is 82.5 cm³/mol. The first-order chi connectivity index (χ1) is 10.6. The molecule has 0 aliphatic rings. The van der Waals surface area contributed by atoms with E-state index in [1.807, 2.05) is 6.92 Å². The fourth-order valence-electron chi connectivity index (χ4n) is 2.33. The highest BCUT2D eigenvalue weighted by Crippen LogP contribution is 2.34. The van der Waals surface area contributed by atoms with Crippen LogP contribution in [0, 0.1) is 5.92 Å². The summed E-state index contributed by atoms with van der Waals surface area (Å²) < 4.78 is 66.4. The first kappa shape index (κ1) is 19.9. The summed E-state index contributed by atoms with van der Waals surface area (Å²) in [6, 6.07) is 4.08. The largest absolute Gasteiger partial charge is 0.416 e. The van der Waals surface area contributed by atoms with Gasteiger partial charge in [-0.25, -0.2) is 0 Å². The predicted octanol–water partition coefficient (Wildman–Crippen LogP) is 2.97. The van der Waals surface area contributed by atoms with Crippen molar-refractivity contribution in [2.45, 2.75) is 32.5 Å². The fraction of sp³-hybridized carbons (Fsp3) is 0.600. The normalized spacial score (nSPS) is 14.0. The van der Waals surface area contributed by atoms with E-state index in [0.29, 0.717) is 18.4 Å². The summed E-state index contributed by atoms with van der Waals surface area (Å²) in [4.78, 5) is 0. The summed E-state index contributed by atoms with van der Waals surface area (Å²) in [6.45, 7) is 1.90. The first-order valence-electron chi connectivity index (χ1n) is 7.25. The first-order valence-corrected chi connectivity index (χ1v) is 9.07. The quantitative estimate of drug-likeness (QED) is 0.730. The second-order valence-corrected chi connectivity index (χ2v) is 7.08. The number of benzene rings is 1. The van der Waals surface area contributed by atoms with Crippen molar-refractivity contribution in [1.82, 2.24) is 5.32 Å². The van der Waals surface area contributed by atoms with Crippen molar-refractivity contribution >= 4 is 10.1 Å². The molecule has 1 unspecified atom stereocenters. The third-order valence-electron chi connectivity index (χ3n) is 3.54. The second-order valence-electron chi connectivity index (χ2n) is 5.44. The minimum Gasteiger partial charge on any atom is -0.316 e. The monoisotopic (exact) mass is 353 g/mol. The molecule has 0 aliphatic carbocycles. The van der Waals surface area contributed by atoms with Crippen LogP contribution in [0.4, 0.5) is 13.2 Å². The van der Waals surface area contributed by atoms with Crippen LogP contribution in [0.2, 0.25) is 0 Å². The summed E-state index contributed by atoms with van der Waals surface area (Å²) in [5.74, 6) is -0.177. The lowest BCUT2D eigenvalue weighted by molar-refractivity contribution is -0.138. The lowest BCUT2D eigenvalue weighted by atomic mass is 9.91. The van der Waals surface area contributed by atoms with Gasteiger partial charge in [-0.05, 0) is 36.6 Å². The van der Waals surface area contributed by atoms with E-state index < -0.39 is 21.9 Å². The van der Waals surface area contributed by atoms with Gasteiger partial charge in [-0.15, -0.1) is 0 Å². The Labute approximate surface area is 135 Å². The van der Waals surface area contributed by atoms with Crippen molar-refractivity contribution < 1.29 is 25.8 Å². The van der Waals surface area contributed by atoms with Crippen LogP contribution in [0.25, 0.3) is 0 Å². The number of halogens is 3. The molecule has 0 amide bonds. The molecule has 0 spiro atoms. The van der Waals surface area contributed by atoms with Gasteiger partial charge in [0.1, 0.15) is 0 Å². The Hall–Kier alpha value is -1.12. The molecule has 1 N–H and O–H groups in total. The van der Waals surface area contributed by atoms with E-state index in [-0.39, 0.29) is 24.6 Å². The highest BCUT2D eigenvalue weighted by molar-refractivity contribution is 7.85. The number of hydrogen-bond acceptors (Lipinski definition) is 4. The zero-order valence-electron chi connectivity index (χ0n) is 13.4. The Morgan fingerprint density at radius 2 is 1.96 bits per heavy atom. The van der Waals surface area contributed by atoms with Gasteiger partial charge in [-0.2, -0.15) is 21.6 Å². The van der Waals surface area contributed by atoms with Crippen molar-refractivity contribution in [1.29, 1.82) is 0 Å². The van der Waals surface area contributed by atoms with Crippen LogP contribution in [0.1, 0.15) is 30.0 Å². The van der Waals surface area contributed by atoms with Gasteiger partial charge in [0.05, 0.1) is 18.4 Å². The van der Waals surface area contributed by atoms with Crippen LogP contribution in [0.15, 0.2) is 18.2 Å². The molecule has 23 heavy (non-hydrogen) atoms. The lowest BCUT2D eigenvalue weighted by Gasteiger charge is -2.20. The van der Waals surface area contributed by atoms with Crippen LogP contribution in [0.5, 0.6) is 0 Å². The average molecular weight is 353 g/mol. The Morgan fingerprint density at radius 3 is 2.43 bits per heavy atom. The highest BCUT2D eigenvalue weighted by Gasteiger charge is 2.34. The summed E-state index contributed by atoms with van der Waals surface area (Å²) in [6.07, 6.45) is -2.54. The molecule has 1 rings (SSSR count). The van der Waals surface area contributed by atoms with Gasteiger partial charge >= 0.3 is 6.18 Å². The maximum atomic E-state index is 13.1. The van der Waals surface area contributed by atoms with E-state index >= 15 is 0 Å². The molecule has 132 valence electrons. The number of hydrogen-bond donors (Lipinski definition) is 1. The van der Waals surface area contributed by atoms with Crippen molar-refractivity contribution in [2.75, 3.05) is 19.9 Å². The topological polar surface area (TPSA) is 55.4 Å². The minimum atomic E-state index is -4.42. The molecule has 0 heterocycles. The van der Waals surface area contributed by atoms with Gasteiger partial charge in [0.25, 0.3) is 10.1 Å². The molecule has 1 aromatic carbocycles. The molecule has 8 heteroatoms. The van der Waals surface area contributed by atoms with E-state index in [0.717, 1.165) is 12.3 Å². The van der Waals surface area contributed by atoms with E-state index in [9.17, 15) is 21.6 Å². The second kappa shape index (κ2) is 8.12. The number of alkyl halides is 3. The molecule has 1 aromatic rings. The van der Waals surface area contributed by atoms with Crippen LogP contribution in [0.3, 0.4) is 0 Å². The van der Waals surface area contributed by atoms with Crippen LogP contribution in [-0.4, -0.2) is 28.3 Å². The Bertz CT molecular complexity index is 615. The molecule has 4 nitrogen and oxygen atoms in total. The number of rotatable bonds is 8. The smallest absolute Gasteiger partial charge is 0.316 e. The zero-order valence-corrected chi connectivity index (χ0v) is 14.2. The molecule has 0 bridgehead atoms. The Morgan fingerprint density at radius 1 is 1.30 bits per heavy atom. The van der Waals surface area contributed by atoms with Gasteiger partial charge in [0.15, 0.2) is 0 Å². The molecule has 0 saturated heterocycles. The Balaban J connectivity index is 3.06. The van der Waals surface area contributed by atoms with Gasteiger partial charge in [0, 0.05) is 6.54 Å². The third-order valence-corrected chi connectivity index (χ3v) is 4.10. The van der Waals surface area contributed by atoms with E-state index in [1.165, 1.54) is 6.07 Å². The minimum absolute atomic E-state index is 0.0371. The van der Waals surface area contributed by atoms with Gasteiger partial charge in [-0.1, -0.05) is 25.5 Å². The summed E-state index contributed by atoms with van der Waals surface area (Å²) in [5, 5.41) is 2.76. The number of nitrogens with one attached hydrogen (secondary N) is 1. The average Bonchev–Trinajstić information content (AvgIpc) is 2.42. The van der Waals surface area contributed by atoms with Crippen molar-refractivity contribution in [3.05, 3.63) is 34.9 Å². The van der Waals surface area contributed by atoms with Crippen molar-refractivity contribution in [3.63, 3.8) is 0 Å². The van der Waals surface area contributed by atoms with Gasteiger partial charge < -0.3 is 5.32 Å². The highest BCUT2D eigenvalue weighted by atomic mass is 32.2. The van der Waals surface area contributed by atoms with Crippen molar-refractivity contribution in [3.8, 4) is 0 Å². The van der Waals surface area contributed by atoms with E-state index in [4.69, 9.17) is 4.18 Å². The summed E-state index contributed by atoms with van der Waals surface area (Å²) >= 11 is 0. The molecule has 1 atom stereocenters. The Kier molecular flexibility index (Phi) is 7.03. The van der Waals surface area contributed by atoms with E-state index in [1.54, 1.807) is 13.1 Å². The van der Waals surface area contributed by atoms with Crippen LogP contribution >= 0.6 is 0 Å². The fourth-order valence-corrected chi connectivity index (χ4v) is 2.77. The molecule has 0 saturated carbocycles. The van der Waals surface area contributed by atoms with Gasteiger partial charge in [-0.3, -0.25) is 4.18 Å². The van der Waals surface area contributed by atoms with Gasteiger partial charge in [0.2, 0.25) is 0 Å².